The topological polar surface area (TPSA) is 44.8 Å². The van der Waals surface area contributed by atoms with E-state index >= 15 is 0 Å². The van der Waals surface area contributed by atoms with Gasteiger partial charge in [-0.05, 0) is 41.1 Å². The van der Waals surface area contributed by atoms with Crippen LogP contribution in [0.4, 0.5) is 0 Å². The van der Waals surface area contributed by atoms with Crippen molar-refractivity contribution in [2.45, 2.75) is 6.61 Å². The van der Waals surface area contributed by atoms with Crippen molar-refractivity contribution in [3.05, 3.63) is 103 Å². The van der Waals surface area contributed by atoms with Crippen molar-refractivity contribution in [3.8, 4) is 17.2 Å². The number of carbonyl (C=O) groups excluding carboxylic acids is 1. The zero-order chi connectivity index (χ0) is 19.9. The number of ether oxygens (including phenoxy) is 3. The van der Waals surface area contributed by atoms with Crippen LogP contribution in [0.2, 0.25) is 0 Å². The van der Waals surface area contributed by atoms with Crippen LogP contribution in [0.25, 0.3) is 10.8 Å². The summed E-state index contributed by atoms with van der Waals surface area (Å²) >= 11 is 0. The van der Waals surface area contributed by atoms with E-state index in [0.717, 1.165) is 22.1 Å². The van der Waals surface area contributed by atoms with Crippen LogP contribution in [0, 0.1) is 0 Å². The molecule has 0 atom stereocenters. The second-order valence-electron chi connectivity index (χ2n) is 6.48. The Hall–Kier alpha value is -3.79. The molecule has 4 heteroatoms. The Balaban J connectivity index is 1.33. The monoisotopic (exact) mass is 384 g/mol. The smallest absolute Gasteiger partial charge is 0.344 e. The molecule has 0 aromatic heterocycles. The summed E-state index contributed by atoms with van der Waals surface area (Å²) < 4.78 is 16.8. The lowest BCUT2D eigenvalue weighted by Gasteiger charge is -2.12. The largest absolute Gasteiger partial charge is 0.482 e. The van der Waals surface area contributed by atoms with Crippen molar-refractivity contribution in [3.63, 3.8) is 0 Å². The number of para-hydroxylation sites is 2. The lowest BCUT2D eigenvalue weighted by Crippen LogP contribution is -2.15. The molecule has 0 N–H and O–H groups in total. The Kier molecular flexibility index (Phi) is 5.72. The summed E-state index contributed by atoms with van der Waals surface area (Å²) in [5, 5.41) is 2.18. The molecule has 0 unspecified atom stereocenters. The van der Waals surface area contributed by atoms with Crippen molar-refractivity contribution in [1.29, 1.82) is 0 Å². The average Bonchev–Trinajstić information content (AvgIpc) is 2.77. The highest BCUT2D eigenvalue weighted by molar-refractivity contribution is 5.83. The fraction of sp³-hybridized carbons (Fsp3) is 0.0800. The molecular formula is C25H20O4. The van der Waals surface area contributed by atoms with Crippen molar-refractivity contribution in [2.75, 3.05) is 6.61 Å². The summed E-state index contributed by atoms with van der Waals surface area (Å²) in [5.74, 6) is 1.58. The van der Waals surface area contributed by atoms with Gasteiger partial charge in [0, 0.05) is 5.56 Å². The Morgan fingerprint density at radius 2 is 1.41 bits per heavy atom. The second kappa shape index (κ2) is 8.93. The highest BCUT2D eigenvalue weighted by Crippen LogP contribution is 2.25. The van der Waals surface area contributed by atoms with Gasteiger partial charge in [-0.15, -0.1) is 0 Å². The standard InChI is InChI=1S/C25H20O4/c26-25(18-27-23-15-14-19-8-4-5-9-20(19)16-23)28-17-21-10-6-7-13-24(21)29-22-11-2-1-3-12-22/h1-16H,17-18H2. The first-order valence-electron chi connectivity index (χ1n) is 9.36. The van der Waals surface area contributed by atoms with Gasteiger partial charge in [0.25, 0.3) is 0 Å². The molecule has 29 heavy (non-hydrogen) atoms. The SMILES string of the molecule is O=C(COc1ccc2ccccc2c1)OCc1ccccc1Oc1ccccc1. The number of benzene rings is 4. The van der Waals surface area contributed by atoms with Crippen molar-refractivity contribution in [2.24, 2.45) is 0 Å². The molecule has 0 radical (unpaired) electrons. The van der Waals surface area contributed by atoms with Crippen molar-refractivity contribution in [1.82, 2.24) is 0 Å². The molecular weight excluding hydrogens is 364 g/mol. The zero-order valence-electron chi connectivity index (χ0n) is 15.8. The van der Waals surface area contributed by atoms with Crippen LogP contribution < -0.4 is 9.47 Å². The van der Waals surface area contributed by atoms with Gasteiger partial charge in [0.2, 0.25) is 0 Å². The van der Waals surface area contributed by atoms with E-state index in [2.05, 4.69) is 0 Å². The zero-order valence-corrected chi connectivity index (χ0v) is 15.8. The number of fused-ring (bicyclic) bond motifs is 1. The van der Waals surface area contributed by atoms with Gasteiger partial charge < -0.3 is 14.2 Å². The van der Waals surface area contributed by atoms with Crippen LogP contribution in [0.15, 0.2) is 97.1 Å². The predicted octanol–water partition coefficient (Wildman–Crippen LogP) is 5.75. The Morgan fingerprint density at radius 1 is 0.690 bits per heavy atom. The van der Waals surface area contributed by atoms with Crippen LogP contribution in [0.3, 0.4) is 0 Å². The van der Waals surface area contributed by atoms with E-state index in [0.29, 0.717) is 11.5 Å². The maximum absolute atomic E-state index is 12.1. The summed E-state index contributed by atoms with van der Waals surface area (Å²) in [4.78, 5) is 12.1. The summed E-state index contributed by atoms with van der Waals surface area (Å²) in [5.41, 5.74) is 0.787. The third kappa shape index (κ3) is 4.93. The number of esters is 1. The van der Waals surface area contributed by atoms with E-state index in [1.54, 1.807) is 0 Å². The molecule has 0 aliphatic heterocycles. The second-order valence-corrected chi connectivity index (χ2v) is 6.48. The molecule has 0 amide bonds. The number of carbonyl (C=O) groups is 1. The number of hydrogen-bond acceptors (Lipinski definition) is 4. The lowest BCUT2D eigenvalue weighted by molar-refractivity contribution is -0.147. The van der Waals surface area contributed by atoms with Crippen LogP contribution >= 0.6 is 0 Å². The van der Waals surface area contributed by atoms with E-state index in [4.69, 9.17) is 14.2 Å². The van der Waals surface area contributed by atoms with Gasteiger partial charge in [0.05, 0.1) is 0 Å². The Morgan fingerprint density at radius 3 is 2.28 bits per heavy atom. The maximum atomic E-state index is 12.1. The van der Waals surface area contributed by atoms with Gasteiger partial charge in [0.15, 0.2) is 6.61 Å². The molecule has 144 valence electrons. The van der Waals surface area contributed by atoms with E-state index < -0.39 is 5.97 Å². The average molecular weight is 384 g/mol. The van der Waals surface area contributed by atoms with E-state index in [-0.39, 0.29) is 13.2 Å². The van der Waals surface area contributed by atoms with Crippen LogP contribution in [-0.2, 0) is 16.1 Å². The first kappa shape index (κ1) is 18.6. The summed E-state index contributed by atoms with van der Waals surface area (Å²) in [6.07, 6.45) is 0. The summed E-state index contributed by atoms with van der Waals surface area (Å²) in [7, 11) is 0. The fourth-order valence-electron chi connectivity index (χ4n) is 2.94. The molecule has 4 aromatic carbocycles. The lowest BCUT2D eigenvalue weighted by atomic mass is 10.1. The predicted molar refractivity (Wildman–Crippen MR) is 112 cm³/mol. The molecule has 0 bridgehead atoms. The fourth-order valence-corrected chi connectivity index (χ4v) is 2.94. The highest BCUT2D eigenvalue weighted by atomic mass is 16.6. The third-order valence-corrected chi connectivity index (χ3v) is 4.41. The molecule has 0 saturated heterocycles. The third-order valence-electron chi connectivity index (χ3n) is 4.41. The van der Waals surface area contributed by atoms with Crippen molar-refractivity contribution < 1.29 is 19.0 Å². The molecule has 0 aliphatic rings. The molecule has 0 heterocycles. The summed E-state index contributed by atoms with van der Waals surface area (Å²) in [6, 6.07) is 30.7. The Bertz CT molecular complexity index is 1110. The number of rotatable bonds is 7. The van der Waals surface area contributed by atoms with Gasteiger partial charge in [-0.2, -0.15) is 0 Å². The first-order chi connectivity index (χ1) is 14.3. The van der Waals surface area contributed by atoms with Crippen LogP contribution in [0.5, 0.6) is 17.2 Å². The minimum absolute atomic E-state index is 0.114. The molecule has 0 aliphatic carbocycles. The minimum atomic E-state index is -0.437. The van der Waals surface area contributed by atoms with Crippen LogP contribution in [0.1, 0.15) is 5.56 Å². The van der Waals surface area contributed by atoms with Gasteiger partial charge in [0.1, 0.15) is 23.9 Å². The quantitative estimate of drug-likeness (QED) is 0.380. The molecule has 0 saturated carbocycles. The van der Waals surface area contributed by atoms with Gasteiger partial charge in [-0.25, -0.2) is 4.79 Å². The number of hydrogen-bond donors (Lipinski definition) is 0. The normalized spacial score (nSPS) is 10.5. The molecule has 0 spiro atoms. The van der Waals surface area contributed by atoms with Crippen LogP contribution in [-0.4, -0.2) is 12.6 Å². The van der Waals surface area contributed by atoms with Gasteiger partial charge >= 0.3 is 5.97 Å². The van der Waals surface area contributed by atoms with E-state index in [9.17, 15) is 4.79 Å². The Labute approximate surface area is 169 Å². The van der Waals surface area contributed by atoms with E-state index in [1.807, 2.05) is 97.1 Å². The summed E-state index contributed by atoms with van der Waals surface area (Å²) in [6.45, 7) is -0.0387. The minimum Gasteiger partial charge on any atom is -0.482 e. The highest BCUT2D eigenvalue weighted by Gasteiger charge is 2.09. The van der Waals surface area contributed by atoms with E-state index in [1.165, 1.54) is 0 Å². The first-order valence-corrected chi connectivity index (χ1v) is 9.36. The molecule has 4 rings (SSSR count). The molecule has 4 aromatic rings. The van der Waals surface area contributed by atoms with Gasteiger partial charge in [-0.3, -0.25) is 0 Å². The van der Waals surface area contributed by atoms with Gasteiger partial charge in [-0.1, -0.05) is 66.7 Å². The molecule has 0 fully saturated rings. The molecule has 4 nitrogen and oxygen atoms in total. The van der Waals surface area contributed by atoms with Crippen molar-refractivity contribution >= 4 is 16.7 Å². The maximum Gasteiger partial charge on any atom is 0.344 e.